The van der Waals surface area contributed by atoms with E-state index < -0.39 is 0 Å². The summed E-state index contributed by atoms with van der Waals surface area (Å²) in [4.78, 5) is 12.6. The number of aryl methyl sites for hydroxylation is 2. The standard InChI is InChI=1S/C15H24BrN3O/c1-3-12-15(16)13(19(4-2)18-12)9-14(20)10-7-5-6-8-11(10)17/h10-11H,3-9,17H2,1-2H3. The van der Waals surface area contributed by atoms with Crippen molar-refractivity contribution in [3.8, 4) is 0 Å². The first-order valence-corrected chi connectivity index (χ1v) is 8.40. The maximum absolute atomic E-state index is 12.6. The second-order valence-electron chi connectivity index (χ2n) is 5.57. The van der Waals surface area contributed by atoms with Crippen molar-refractivity contribution < 1.29 is 4.79 Å². The molecule has 0 radical (unpaired) electrons. The van der Waals surface area contributed by atoms with Crippen molar-refractivity contribution >= 4 is 21.7 Å². The van der Waals surface area contributed by atoms with Gasteiger partial charge in [-0.05, 0) is 42.1 Å². The highest BCUT2D eigenvalue weighted by molar-refractivity contribution is 9.10. The van der Waals surface area contributed by atoms with Crippen molar-refractivity contribution in [3.05, 3.63) is 15.9 Å². The zero-order chi connectivity index (χ0) is 14.7. The fraction of sp³-hybridized carbons (Fsp3) is 0.733. The molecule has 1 aromatic rings. The van der Waals surface area contributed by atoms with Gasteiger partial charge >= 0.3 is 0 Å². The Labute approximate surface area is 129 Å². The van der Waals surface area contributed by atoms with Crippen LogP contribution >= 0.6 is 15.9 Å². The largest absolute Gasteiger partial charge is 0.327 e. The average Bonchev–Trinajstić information content (AvgIpc) is 2.75. The van der Waals surface area contributed by atoms with E-state index in [-0.39, 0.29) is 17.7 Å². The Morgan fingerprint density at radius 3 is 2.70 bits per heavy atom. The lowest BCUT2D eigenvalue weighted by Crippen LogP contribution is -2.39. The van der Waals surface area contributed by atoms with Gasteiger partial charge in [0.05, 0.1) is 15.9 Å². The van der Waals surface area contributed by atoms with Gasteiger partial charge in [-0.15, -0.1) is 0 Å². The minimum Gasteiger partial charge on any atom is -0.327 e. The lowest BCUT2D eigenvalue weighted by molar-refractivity contribution is -0.123. The van der Waals surface area contributed by atoms with Crippen LogP contribution in [0.3, 0.4) is 0 Å². The molecule has 1 aliphatic carbocycles. The SMILES string of the molecule is CCc1nn(CC)c(CC(=O)C2CCCCC2N)c1Br. The number of carbonyl (C=O) groups is 1. The first-order valence-electron chi connectivity index (χ1n) is 7.60. The normalized spacial score (nSPS) is 23.0. The van der Waals surface area contributed by atoms with Crippen molar-refractivity contribution in [2.24, 2.45) is 11.7 Å². The molecule has 2 N–H and O–H groups in total. The van der Waals surface area contributed by atoms with Gasteiger partial charge in [-0.25, -0.2) is 0 Å². The zero-order valence-electron chi connectivity index (χ0n) is 12.4. The topological polar surface area (TPSA) is 60.9 Å². The highest BCUT2D eigenvalue weighted by Gasteiger charge is 2.29. The monoisotopic (exact) mass is 341 g/mol. The number of aromatic nitrogens is 2. The molecule has 1 saturated carbocycles. The molecular weight excluding hydrogens is 318 g/mol. The van der Waals surface area contributed by atoms with Crippen LogP contribution in [-0.2, 0) is 24.2 Å². The average molecular weight is 342 g/mol. The first-order chi connectivity index (χ1) is 9.58. The van der Waals surface area contributed by atoms with Crippen molar-refractivity contribution in [1.29, 1.82) is 0 Å². The smallest absolute Gasteiger partial charge is 0.143 e. The zero-order valence-corrected chi connectivity index (χ0v) is 13.9. The number of carbonyl (C=O) groups excluding carboxylic acids is 1. The minimum atomic E-state index is 0.0286. The molecule has 112 valence electrons. The van der Waals surface area contributed by atoms with E-state index in [1.807, 2.05) is 4.68 Å². The van der Waals surface area contributed by atoms with Gasteiger partial charge in [0.25, 0.3) is 0 Å². The third-order valence-corrected chi connectivity index (χ3v) is 5.18. The second-order valence-corrected chi connectivity index (χ2v) is 6.37. The lowest BCUT2D eigenvalue weighted by atomic mass is 9.81. The number of Topliss-reactive ketones (excluding diaryl/α,β-unsaturated/α-hetero) is 1. The van der Waals surface area contributed by atoms with Gasteiger partial charge in [0.15, 0.2) is 0 Å². The first kappa shape index (κ1) is 15.7. The van der Waals surface area contributed by atoms with Crippen LogP contribution in [0.2, 0.25) is 0 Å². The molecule has 0 aliphatic heterocycles. The summed E-state index contributed by atoms with van der Waals surface area (Å²) in [6, 6.07) is 0.0404. The van der Waals surface area contributed by atoms with Crippen molar-refractivity contribution in [2.75, 3.05) is 0 Å². The van der Waals surface area contributed by atoms with Crippen LogP contribution in [0.25, 0.3) is 0 Å². The molecule has 20 heavy (non-hydrogen) atoms. The predicted octanol–water partition coefficient (Wildman–Crippen LogP) is 2.86. The summed E-state index contributed by atoms with van der Waals surface area (Å²) in [5.74, 6) is 0.302. The van der Waals surface area contributed by atoms with Gasteiger partial charge in [0.2, 0.25) is 0 Å². The van der Waals surface area contributed by atoms with Gasteiger partial charge in [-0.2, -0.15) is 5.10 Å². The Balaban J connectivity index is 2.16. The van der Waals surface area contributed by atoms with Crippen molar-refractivity contribution in [3.63, 3.8) is 0 Å². The van der Waals surface area contributed by atoms with Crippen LogP contribution in [0.4, 0.5) is 0 Å². The molecule has 0 saturated heterocycles. The summed E-state index contributed by atoms with van der Waals surface area (Å²) < 4.78 is 2.94. The Kier molecular flexibility index (Phi) is 5.38. The van der Waals surface area contributed by atoms with Gasteiger partial charge in [0, 0.05) is 24.9 Å². The molecule has 1 heterocycles. The third kappa shape index (κ3) is 3.14. The number of halogens is 1. The number of ketones is 1. The van der Waals surface area contributed by atoms with E-state index in [0.717, 1.165) is 54.5 Å². The fourth-order valence-corrected chi connectivity index (χ4v) is 3.75. The molecule has 2 atom stereocenters. The molecule has 1 aromatic heterocycles. The van der Waals surface area contributed by atoms with Crippen LogP contribution in [-0.4, -0.2) is 21.6 Å². The highest BCUT2D eigenvalue weighted by Crippen LogP contribution is 2.28. The van der Waals surface area contributed by atoms with E-state index in [9.17, 15) is 4.79 Å². The maximum atomic E-state index is 12.6. The van der Waals surface area contributed by atoms with Crippen LogP contribution in [0.1, 0.15) is 50.9 Å². The molecule has 1 aliphatic rings. The minimum absolute atomic E-state index is 0.0286. The summed E-state index contributed by atoms with van der Waals surface area (Å²) >= 11 is 3.60. The van der Waals surface area contributed by atoms with E-state index in [2.05, 4.69) is 34.9 Å². The third-order valence-electron chi connectivity index (χ3n) is 4.27. The highest BCUT2D eigenvalue weighted by atomic mass is 79.9. The van der Waals surface area contributed by atoms with Crippen LogP contribution < -0.4 is 5.73 Å². The maximum Gasteiger partial charge on any atom is 0.143 e. The summed E-state index contributed by atoms with van der Waals surface area (Å²) in [5.41, 5.74) is 8.16. The Hall–Kier alpha value is -0.680. The number of nitrogens with zero attached hydrogens (tertiary/aromatic N) is 2. The summed E-state index contributed by atoms with van der Waals surface area (Å²) in [6.45, 7) is 4.92. The second kappa shape index (κ2) is 6.85. The van der Waals surface area contributed by atoms with Gasteiger partial charge in [0.1, 0.15) is 5.78 Å². The summed E-state index contributed by atoms with van der Waals surface area (Å²) in [5, 5.41) is 4.55. The molecule has 5 heteroatoms. The van der Waals surface area contributed by atoms with Crippen molar-refractivity contribution in [1.82, 2.24) is 9.78 Å². The number of hydrogen-bond acceptors (Lipinski definition) is 3. The predicted molar refractivity (Wildman–Crippen MR) is 83.6 cm³/mol. The molecule has 4 nitrogen and oxygen atoms in total. The van der Waals surface area contributed by atoms with E-state index in [1.54, 1.807) is 0 Å². The summed E-state index contributed by atoms with van der Waals surface area (Å²) in [6.07, 6.45) is 5.51. The van der Waals surface area contributed by atoms with Gasteiger partial charge in [-0.3, -0.25) is 9.48 Å². The molecule has 0 amide bonds. The Morgan fingerprint density at radius 2 is 2.10 bits per heavy atom. The molecular formula is C15H24BrN3O. The van der Waals surface area contributed by atoms with Crippen LogP contribution in [0, 0.1) is 5.92 Å². The van der Waals surface area contributed by atoms with E-state index in [0.29, 0.717) is 6.42 Å². The Bertz CT molecular complexity index is 484. The fourth-order valence-electron chi connectivity index (χ4n) is 3.04. The van der Waals surface area contributed by atoms with Gasteiger partial charge < -0.3 is 5.73 Å². The van der Waals surface area contributed by atoms with Crippen LogP contribution in [0.15, 0.2) is 4.47 Å². The molecule has 2 rings (SSSR count). The quantitative estimate of drug-likeness (QED) is 0.895. The number of rotatable bonds is 5. The number of hydrogen-bond donors (Lipinski definition) is 1. The van der Waals surface area contributed by atoms with E-state index >= 15 is 0 Å². The van der Waals surface area contributed by atoms with E-state index in [1.165, 1.54) is 0 Å². The lowest BCUT2D eigenvalue weighted by Gasteiger charge is -2.27. The molecule has 0 aromatic carbocycles. The molecule has 0 bridgehead atoms. The number of nitrogens with two attached hydrogens (primary N) is 1. The van der Waals surface area contributed by atoms with Gasteiger partial charge in [-0.1, -0.05) is 19.8 Å². The van der Waals surface area contributed by atoms with Crippen molar-refractivity contribution in [2.45, 2.75) is 65.0 Å². The molecule has 0 spiro atoms. The summed E-state index contributed by atoms with van der Waals surface area (Å²) in [7, 11) is 0. The van der Waals surface area contributed by atoms with E-state index in [4.69, 9.17) is 5.73 Å². The molecule has 2 unspecified atom stereocenters. The Morgan fingerprint density at radius 1 is 1.40 bits per heavy atom. The molecule has 1 fully saturated rings. The van der Waals surface area contributed by atoms with Crippen LogP contribution in [0.5, 0.6) is 0 Å².